The normalized spacial score (nSPS) is 16.5. The molecule has 1 heterocycles. The van der Waals surface area contributed by atoms with Crippen molar-refractivity contribution in [3.63, 3.8) is 0 Å². The van der Waals surface area contributed by atoms with Crippen molar-refractivity contribution in [2.45, 2.75) is 19.9 Å². The number of rotatable bonds is 5. The Morgan fingerprint density at radius 2 is 1.85 bits per heavy atom. The summed E-state index contributed by atoms with van der Waals surface area (Å²) in [4.78, 5) is 13.0. The van der Waals surface area contributed by atoms with Crippen LogP contribution < -0.4 is 20.7 Å². The van der Waals surface area contributed by atoms with Crippen LogP contribution in [0.15, 0.2) is 65.9 Å². The molecule has 1 aliphatic rings. The number of carbonyl (C=O) groups excluding carboxylic acids is 1. The van der Waals surface area contributed by atoms with Gasteiger partial charge in [0.1, 0.15) is 5.75 Å². The van der Waals surface area contributed by atoms with Gasteiger partial charge in [-0.3, -0.25) is 4.79 Å². The van der Waals surface area contributed by atoms with Gasteiger partial charge < -0.3 is 20.7 Å². The van der Waals surface area contributed by atoms with Gasteiger partial charge in [0.2, 0.25) is 0 Å². The summed E-state index contributed by atoms with van der Waals surface area (Å²) in [5.74, 6) is 0.544. The lowest BCUT2D eigenvalue weighted by molar-refractivity contribution is -0.113. The third kappa shape index (κ3) is 3.86. The highest BCUT2D eigenvalue weighted by molar-refractivity contribution is 7.80. The van der Waals surface area contributed by atoms with Gasteiger partial charge in [0, 0.05) is 16.9 Å². The minimum atomic E-state index is -0.393. The number of amides is 1. The van der Waals surface area contributed by atoms with E-state index in [9.17, 15) is 4.79 Å². The molecule has 0 spiro atoms. The third-order valence-corrected chi connectivity index (χ3v) is 4.30. The van der Waals surface area contributed by atoms with Crippen LogP contribution in [0.1, 0.15) is 25.5 Å². The number of ether oxygens (including phenoxy) is 1. The summed E-state index contributed by atoms with van der Waals surface area (Å²) in [5, 5.41) is 9.67. The van der Waals surface area contributed by atoms with E-state index < -0.39 is 6.04 Å². The Morgan fingerprint density at radius 3 is 2.58 bits per heavy atom. The molecule has 0 bridgehead atoms. The Hall–Kier alpha value is -2.86. The smallest absolute Gasteiger partial charge is 0.255 e. The van der Waals surface area contributed by atoms with Crippen molar-refractivity contribution in [3.05, 3.63) is 71.4 Å². The van der Waals surface area contributed by atoms with Crippen LogP contribution in [0.2, 0.25) is 0 Å². The Morgan fingerprint density at radius 1 is 1.15 bits per heavy atom. The molecule has 1 atom stereocenters. The van der Waals surface area contributed by atoms with Crippen molar-refractivity contribution in [2.24, 2.45) is 0 Å². The number of hydrogen-bond acceptors (Lipinski definition) is 3. The van der Waals surface area contributed by atoms with Gasteiger partial charge in [0.15, 0.2) is 5.11 Å². The van der Waals surface area contributed by atoms with Crippen LogP contribution in [0, 0.1) is 0 Å². The zero-order chi connectivity index (χ0) is 18.5. The summed E-state index contributed by atoms with van der Waals surface area (Å²) in [7, 11) is 0. The first-order valence-electron chi connectivity index (χ1n) is 8.46. The maximum atomic E-state index is 13.0. The number of anilines is 1. The van der Waals surface area contributed by atoms with Gasteiger partial charge in [-0.2, -0.15) is 0 Å². The maximum Gasteiger partial charge on any atom is 0.255 e. The van der Waals surface area contributed by atoms with Crippen molar-refractivity contribution in [1.82, 2.24) is 10.6 Å². The highest BCUT2D eigenvalue weighted by Gasteiger charge is 2.31. The van der Waals surface area contributed by atoms with Gasteiger partial charge in [-0.05, 0) is 44.3 Å². The largest absolute Gasteiger partial charge is 0.494 e. The molecule has 6 heteroatoms. The summed E-state index contributed by atoms with van der Waals surface area (Å²) in [6.07, 6.45) is 0. The topological polar surface area (TPSA) is 62.4 Å². The fraction of sp³-hybridized carbons (Fsp3) is 0.200. The molecular formula is C20H21N3O2S. The van der Waals surface area contributed by atoms with E-state index in [1.165, 1.54) is 0 Å². The lowest BCUT2D eigenvalue weighted by Gasteiger charge is -2.31. The molecule has 0 saturated carbocycles. The Kier molecular flexibility index (Phi) is 5.53. The van der Waals surface area contributed by atoms with Crippen LogP contribution in [0.4, 0.5) is 5.69 Å². The van der Waals surface area contributed by atoms with Crippen LogP contribution in [-0.2, 0) is 4.79 Å². The average Bonchev–Trinajstić information content (AvgIpc) is 2.62. The molecule has 3 N–H and O–H groups in total. The van der Waals surface area contributed by atoms with Crippen molar-refractivity contribution in [1.29, 1.82) is 0 Å². The minimum absolute atomic E-state index is 0.187. The van der Waals surface area contributed by atoms with E-state index in [1.54, 1.807) is 0 Å². The van der Waals surface area contributed by atoms with Gasteiger partial charge in [-0.1, -0.05) is 36.4 Å². The van der Waals surface area contributed by atoms with Gasteiger partial charge in [-0.25, -0.2) is 0 Å². The molecule has 1 unspecified atom stereocenters. The summed E-state index contributed by atoms with van der Waals surface area (Å²) in [6, 6.07) is 16.7. The fourth-order valence-electron chi connectivity index (χ4n) is 2.95. The molecule has 0 aliphatic carbocycles. The zero-order valence-corrected chi connectivity index (χ0v) is 15.5. The molecule has 2 aromatic rings. The van der Waals surface area contributed by atoms with E-state index in [1.807, 2.05) is 68.4 Å². The van der Waals surface area contributed by atoms with Crippen LogP contribution in [-0.4, -0.2) is 17.6 Å². The fourth-order valence-corrected chi connectivity index (χ4v) is 3.22. The highest BCUT2D eigenvalue weighted by Crippen LogP contribution is 2.33. The first-order valence-corrected chi connectivity index (χ1v) is 8.87. The lowest BCUT2D eigenvalue weighted by atomic mass is 9.94. The van der Waals surface area contributed by atoms with E-state index in [2.05, 4.69) is 16.0 Å². The number of carbonyl (C=O) groups is 1. The molecule has 3 rings (SSSR count). The third-order valence-electron chi connectivity index (χ3n) is 4.08. The molecule has 0 aromatic heterocycles. The molecule has 0 saturated heterocycles. The predicted octanol–water partition coefficient (Wildman–Crippen LogP) is 3.52. The molecule has 26 heavy (non-hydrogen) atoms. The molecule has 0 fully saturated rings. The van der Waals surface area contributed by atoms with E-state index in [4.69, 9.17) is 17.0 Å². The first kappa shape index (κ1) is 17.9. The molecule has 5 nitrogen and oxygen atoms in total. The minimum Gasteiger partial charge on any atom is -0.494 e. The zero-order valence-electron chi connectivity index (χ0n) is 14.7. The molecule has 1 amide bonds. The van der Waals surface area contributed by atoms with Crippen LogP contribution in [0.5, 0.6) is 5.75 Å². The second-order valence-electron chi connectivity index (χ2n) is 5.86. The van der Waals surface area contributed by atoms with E-state index in [0.717, 1.165) is 22.7 Å². The second kappa shape index (κ2) is 8.01. The first-order chi connectivity index (χ1) is 12.6. The van der Waals surface area contributed by atoms with Gasteiger partial charge >= 0.3 is 0 Å². The summed E-state index contributed by atoms with van der Waals surface area (Å²) >= 11 is 5.31. The van der Waals surface area contributed by atoms with Crippen LogP contribution >= 0.6 is 12.2 Å². The van der Waals surface area contributed by atoms with Crippen molar-refractivity contribution < 1.29 is 9.53 Å². The standard InChI is InChI=1S/C20H21N3O2S/c1-3-25-16-12-8-7-11-15(16)18-17(13(2)21-20(26)23-18)19(24)22-14-9-5-4-6-10-14/h4-12,18H,3H2,1-2H3,(H,22,24)(H2,21,23,26). The average molecular weight is 367 g/mol. The van der Waals surface area contributed by atoms with Crippen molar-refractivity contribution in [2.75, 3.05) is 11.9 Å². The Bertz CT molecular complexity index is 849. The number of allylic oxidation sites excluding steroid dienone is 1. The predicted molar refractivity (Wildman–Crippen MR) is 107 cm³/mol. The number of thiocarbonyl (C=S) groups is 1. The van der Waals surface area contributed by atoms with Gasteiger partial charge in [-0.15, -0.1) is 0 Å². The monoisotopic (exact) mass is 367 g/mol. The highest BCUT2D eigenvalue weighted by atomic mass is 32.1. The van der Waals surface area contributed by atoms with Crippen molar-refractivity contribution in [3.8, 4) is 5.75 Å². The number of benzene rings is 2. The molecular weight excluding hydrogens is 346 g/mol. The van der Waals surface area contributed by atoms with E-state index in [-0.39, 0.29) is 5.91 Å². The molecule has 134 valence electrons. The van der Waals surface area contributed by atoms with E-state index >= 15 is 0 Å². The Labute approximate surface area is 158 Å². The maximum absolute atomic E-state index is 13.0. The second-order valence-corrected chi connectivity index (χ2v) is 6.27. The van der Waals surface area contributed by atoms with Gasteiger partial charge in [0.05, 0.1) is 18.2 Å². The molecule has 1 aliphatic heterocycles. The summed E-state index contributed by atoms with van der Waals surface area (Å²) < 4.78 is 5.75. The summed E-state index contributed by atoms with van der Waals surface area (Å²) in [5.41, 5.74) is 2.91. The Balaban J connectivity index is 1.98. The summed E-state index contributed by atoms with van der Waals surface area (Å²) in [6.45, 7) is 4.32. The molecule has 2 aromatic carbocycles. The number of para-hydroxylation sites is 2. The quantitative estimate of drug-likeness (QED) is 0.706. The van der Waals surface area contributed by atoms with E-state index in [0.29, 0.717) is 17.3 Å². The van der Waals surface area contributed by atoms with Crippen LogP contribution in [0.3, 0.4) is 0 Å². The molecule has 0 radical (unpaired) electrons. The lowest BCUT2D eigenvalue weighted by Crippen LogP contribution is -2.45. The van der Waals surface area contributed by atoms with Gasteiger partial charge in [0.25, 0.3) is 5.91 Å². The van der Waals surface area contributed by atoms with Crippen LogP contribution in [0.25, 0.3) is 0 Å². The number of hydrogen-bond donors (Lipinski definition) is 3. The van der Waals surface area contributed by atoms with Crippen molar-refractivity contribution >= 4 is 28.9 Å². The number of nitrogens with one attached hydrogen (secondary N) is 3. The SMILES string of the molecule is CCOc1ccccc1C1NC(=S)NC(C)=C1C(=O)Nc1ccccc1.